The van der Waals surface area contributed by atoms with Crippen LogP contribution < -0.4 is 11.2 Å². The summed E-state index contributed by atoms with van der Waals surface area (Å²) >= 11 is 0. The number of rotatable bonds is 2. The van der Waals surface area contributed by atoms with Gasteiger partial charge in [-0.25, -0.2) is 0 Å². The maximum atomic E-state index is 11.8. The molecule has 78 valence electrons. The minimum atomic E-state index is 0.0761. The Kier molecular flexibility index (Phi) is 2.56. The van der Waals surface area contributed by atoms with Crippen LogP contribution in [0.2, 0.25) is 0 Å². The molecular formula is C12H14N2O. The zero-order chi connectivity index (χ0) is 10.8. The molecule has 1 aromatic carbocycles. The number of hydrogen-bond donors (Lipinski definition) is 1. The second-order valence-electron chi connectivity index (χ2n) is 3.48. The molecule has 0 aliphatic heterocycles. The van der Waals surface area contributed by atoms with Gasteiger partial charge >= 0.3 is 0 Å². The molecular weight excluding hydrogens is 188 g/mol. The van der Waals surface area contributed by atoms with Gasteiger partial charge in [0.25, 0.3) is 0 Å². The molecule has 0 saturated heterocycles. The van der Waals surface area contributed by atoms with Gasteiger partial charge in [0.1, 0.15) is 0 Å². The van der Waals surface area contributed by atoms with E-state index in [2.05, 4.69) is 0 Å². The highest BCUT2D eigenvalue weighted by atomic mass is 16.1. The Hall–Kier alpha value is -1.61. The van der Waals surface area contributed by atoms with Crippen molar-refractivity contribution in [2.75, 3.05) is 0 Å². The Balaban J connectivity index is 2.92. The lowest BCUT2D eigenvalue weighted by Gasteiger charge is -2.13. The van der Waals surface area contributed by atoms with E-state index in [0.29, 0.717) is 6.67 Å². The molecule has 15 heavy (non-hydrogen) atoms. The summed E-state index contributed by atoms with van der Waals surface area (Å²) < 4.78 is 1.98. The van der Waals surface area contributed by atoms with Crippen molar-refractivity contribution in [2.45, 2.75) is 20.0 Å². The number of aromatic nitrogens is 1. The predicted octanol–water partition coefficient (Wildman–Crippen LogP) is 1.48. The van der Waals surface area contributed by atoms with Gasteiger partial charge in [0.15, 0.2) is 5.43 Å². The van der Waals surface area contributed by atoms with Crippen LogP contribution in [0.4, 0.5) is 0 Å². The summed E-state index contributed by atoms with van der Waals surface area (Å²) in [7, 11) is 0. The molecule has 1 aromatic heterocycles. The fourth-order valence-corrected chi connectivity index (χ4v) is 1.89. The zero-order valence-electron chi connectivity index (χ0n) is 8.73. The van der Waals surface area contributed by atoms with Crippen LogP contribution in [0.25, 0.3) is 10.9 Å². The van der Waals surface area contributed by atoms with Crippen LogP contribution in [0.3, 0.4) is 0 Å². The lowest BCUT2D eigenvalue weighted by molar-refractivity contribution is 0.709. The first-order valence-corrected chi connectivity index (χ1v) is 5.09. The van der Waals surface area contributed by atoms with E-state index in [0.717, 1.165) is 23.0 Å². The number of benzene rings is 1. The summed E-state index contributed by atoms with van der Waals surface area (Å²) in [5.74, 6) is 0. The van der Waals surface area contributed by atoms with E-state index in [1.54, 1.807) is 6.07 Å². The van der Waals surface area contributed by atoms with Crippen LogP contribution in [0.1, 0.15) is 12.6 Å². The van der Waals surface area contributed by atoms with Crippen LogP contribution in [0.15, 0.2) is 35.1 Å². The van der Waals surface area contributed by atoms with Gasteiger partial charge in [-0.1, -0.05) is 19.1 Å². The average Bonchev–Trinajstić information content (AvgIpc) is 2.29. The van der Waals surface area contributed by atoms with Crippen molar-refractivity contribution in [3.05, 3.63) is 46.2 Å². The molecule has 0 spiro atoms. The van der Waals surface area contributed by atoms with Crippen molar-refractivity contribution in [3.63, 3.8) is 0 Å². The van der Waals surface area contributed by atoms with Crippen LogP contribution in [0, 0.1) is 0 Å². The molecule has 0 fully saturated rings. The van der Waals surface area contributed by atoms with E-state index < -0.39 is 0 Å². The highest BCUT2D eigenvalue weighted by molar-refractivity contribution is 5.79. The fraction of sp³-hybridized carbons (Fsp3) is 0.250. The Morgan fingerprint density at radius 2 is 2.07 bits per heavy atom. The second-order valence-corrected chi connectivity index (χ2v) is 3.48. The summed E-state index contributed by atoms with van der Waals surface area (Å²) in [5, 5.41) is 0.736. The third-order valence-electron chi connectivity index (χ3n) is 2.65. The van der Waals surface area contributed by atoms with Crippen molar-refractivity contribution < 1.29 is 0 Å². The third kappa shape index (κ3) is 1.55. The van der Waals surface area contributed by atoms with E-state index in [1.807, 2.05) is 35.8 Å². The molecule has 0 radical (unpaired) electrons. The standard InChI is InChI=1S/C12H14N2O/c1-2-9-7-12(15)10-5-3-4-6-11(10)14(9)8-13/h3-7H,2,8,13H2,1H3. The van der Waals surface area contributed by atoms with Crippen LogP contribution in [0.5, 0.6) is 0 Å². The minimum Gasteiger partial charge on any atom is -0.331 e. The molecule has 0 saturated carbocycles. The molecule has 2 rings (SSSR count). The summed E-state index contributed by atoms with van der Waals surface area (Å²) in [6.45, 7) is 2.43. The van der Waals surface area contributed by atoms with Crippen molar-refractivity contribution in [1.82, 2.24) is 4.57 Å². The third-order valence-corrected chi connectivity index (χ3v) is 2.65. The summed E-state index contributed by atoms with van der Waals surface area (Å²) in [6, 6.07) is 9.24. The van der Waals surface area contributed by atoms with E-state index in [1.165, 1.54) is 0 Å². The van der Waals surface area contributed by atoms with E-state index in [4.69, 9.17) is 5.73 Å². The van der Waals surface area contributed by atoms with Crippen molar-refractivity contribution in [3.8, 4) is 0 Å². The van der Waals surface area contributed by atoms with Gasteiger partial charge in [0, 0.05) is 17.1 Å². The number of para-hydroxylation sites is 1. The Morgan fingerprint density at radius 3 is 2.73 bits per heavy atom. The smallest absolute Gasteiger partial charge is 0.189 e. The molecule has 0 unspecified atom stereocenters. The molecule has 2 aromatic rings. The first kappa shape index (κ1) is 9.93. The van der Waals surface area contributed by atoms with Gasteiger partial charge in [-0.2, -0.15) is 0 Å². The van der Waals surface area contributed by atoms with Crippen molar-refractivity contribution in [1.29, 1.82) is 0 Å². The molecule has 0 atom stereocenters. The molecule has 2 N–H and O–H groups in total. The first-order chi connectivity index (χ1) is 7.27. The number of nitrogens with two attached hydrogens (primary N) is 1. The Bertz CT molecular complexity index is 543. The highest BCUT2D eigenvalue weighted by Gasteiger charge is 2.05. The molecule has 3 heteroatoms. The number of nitrogens with zero attached hydrogens (tertiary/aromatic N) is 1. The monoisotopic (exact) mass is 202 g/mol. The highest BCUT2D eigenvalue weighted by Crippen LogP contribution is 2.12. The zero-order valence-corrected chi connectivity index (χ0v) is 8.73. The molecule has 0 amide bonds. The SMILES string of the molecule is CCc1cc(=O)c2ccccc2n1CN. The van der Waals surface area contributed by atoms with Gasteiger partial charge in [-0.3, -0.25) is 4.79 Å². The van der Waals surface area contributed by atoms with Gasteiger partial charge < -0.3 is 10.3 Å². The summed E-state index contributed by atoms with van der Waals surface area (Å²) in [5.41, 5.74) is 7.69. The van der Waals surface area contributed by atoms with E-state index >= 15 is 0 Å². The molecule has 0 aliphatic rings. The second kappa shape index (κ2) is 3.87. The van der Waals surface area contributed by atoms with E-state index in [-0.39, 0.29) is 5.43 Å². The van der Waals surface area contributed by atoms with Crippen LogP contribution in [-0.4, -0.2) is 4.57 Å². The summed E-state index contributed by atoms with van der Waals surface area (Å²) in [4.78, 5) is 11.8. The lowest BCUT2D eigenvalue weighted by Crippen LogP contribution is -2.17. The van der Waals surface area contributed by atoms with Gasteiger partial charge in [0.05, 0.1) is 12.2 Å². The van der Waals surface area contributed by atoms with Gasteiger partial charge in [-0.15, -0.1) is 0 Å². The minimum absolute atomic E-state index is 0.0761. The normalized spacial score (nSPS) is 10.8. The van der Waals surface area contributed by atoms with E-state index in [9.17, 15) is 4.79 Å². The molecule has 0 aliphatic carbocycles. The Morgan fingerprint density at radius 1 is 1.33 bits per heavy atom. The van der Waals surface area contributed by atoms with Gasteiger partial charge in [-0.05, 0) is 18.6 Å². The molecule has 1 heterocycles. The van der Waals surface area contributed by atoms with Crippen LogP contribution in [-0.2, 0) is 13.1 Å². The van der Waals surface area contributed by atoms with Gasteiger partial charge in [0.2, 0.25) is 0 Å². The number of pyridine rings is 1. The molecule has 3 nitrogen and oxygen atoms in total. The van der Waals surface area contributed by atoms with Crippen molar-refractivity contribution >= 4 is 10.9 Å². The molecule has 0 bridgehead atoms. The Labute approximate surface area is 88.1 Å². The first-order valence-electron chi connectivity index (χ1n) is 5.09. The average molecular weight is 202 g/mol. The van der Waals surface area contributed by atoms with Crippen molar-refractivity contribution in [2.24, 2.45) is 5.73 Å². The maximum Gasteiger partial charge on any atom is 0.189 e. The number of aryl methyl sites for hydroxylation is 1. The summed E-state index contributed by atoms with van der Waals surface area (Å²) in [6.07, 6.45) is 0.817. The lowest BCUT2D eigenvalue weighted by atomic mass is 10.1. The topological polar surface area (TPSA) is 48.0 Å². The number of hydrogen-bond acceptors (Lipinski definition) is 2. The number of fused-ring (bicyclic) bond motifs is 1. The van der Waals surface area contributed by atoms with Crippen LogP contribution >= 0.6 is 0 Å². The maximum absolute atomic E-state index is 11.8. The largest absolute Gasteiger partial charge is 0.331 e. The fourth-order valence-electron chi connectivity index (χ4n) is 1.89. The quantitative estimate of drug-likeness (QED) is 0.801. The predicted molar refractivity (Wildman–Crippen MR) is 61.8 cm³/mol.